The number of aliphatic hydroxyl groups is 1. The van der Waals surface area contributed by atoms with E-state index >= 15 is 0 Å². The topological polar surface area (TPSA) is 61.4 Å². The lowest BCUT2D eigenvalue weighted by atomic mass is 10.1. The Bertz CT molecular complexity index is 195. The van der Waals surface area contributed by atoms with E-state index in [1.807, 2.05) is 6.92 Å². The fourth-order valence-corrected chi connectivity index (χ4v) is 1.33. The number of aliphatic hydroxyl groups excluding tert-OH is 1. The van der Waals surface area contributed by atoms with Crippen LogP contribution in [0.2, 0.25) is 0 Å². The average Bonchev–Trinajstić information content (AvgIpc) is 2.22. The highest BCUT2D eigenvalue weighted by atomic mass is 16.3. The van der Waals surface area contributed by atoms with Crippen LogP contribution < -0.4 is 10.6 Å². The Labute approximate surface area is 98.8 Å². The summed E-state index contributed by atoms with van der Waals surface area (Å²) >= 11 is 0. The second-order valence-corrected chi connectivity index (χ2v) is 4.78. The van der Waals surface area contributed by atoms with E-state index in [-0.39, 0.29) is 5.91 Å². The van der Waals surface area contributed by atoms with Crippen LogP contribution in [0.3, 0.4) is 0 Å². The number of hydrogen-bond donors (Lipinski definition) is 3. The molecule has 2 atom stereocenters. The van der Waals surface area contributed by atoms with Gasteiger partial charge in [0.1, 0.15) is 0 Å². The van der Waals surface area contributed by atoms with Gasteiger partial charge in [0, 0.05) is 12.6 Å². The van der Waals surface area contributed by atoms with Crippen LogP contribution in [0.15, 0.2) is 0 Å². The molecule has 0 saturated carbocycles. The van der Waals surface area contributed by atoms with Crippen molar-refractivity contribution < 1.29 is 9.90 Å². The largest absolute Gasteiger partial charge is 0.391 e. The monoisotopic (exact) mass is 230 g/mol. The SMILES string of the molecule is CCC(C)NCC(=O)NCC(O)CC(C)C. The molecule has 0 saturated heterocycles. The zero-order chi connectivity index (χ0) is 12.6. The first-order chi connectivity index (χ1) is 7.45. The van der Waals surface area contributed by atoms with Crippen LogP contribution in [0.25, 0.3) is 0 Å². The third kappa shape index (κ3) is 8.68. The van der Waals surface area contributed by atoms with Gasteiger partial charge in [-0.25, -0.2) is 0 Å². The molecule has 0 aliphatic carbocycles. The molecule has 2 unspecified atom stereocenters. The highest BCUT2D eigenvalue weighted by Crippen LogP contribution is 2.02. The molecule has 96 valence electrons. The Morgan fingerprint density at radius 2 is 1.94 bits per heavy atom. The molecule has 1 amide bonds. The summed E-state index contributed by atoms with van der Waals surface area (Å²) in [6.45, 7) is 8.89. The molecule has 0 aromatic rings. The first-order valence-electron chi connectivity index (χ1n) is 6.13. The fraction of sp³-hybridized carbons (Fsp3) is 0.917. The number of amides is 1. The van der Waals surface area contributed by atoms with E-state index in [0.29, 0.717) is 25.0 Å². The van der Waals surface area contributed by atoms with Crippen LogP contribution in [0, 0.1) is 5.92 Å². The smallest absolute Gasteiger partial charge is 0.234 e. The Morgan fingerprint density at radius 3 is 2.44 bits per heavy atom. The summed E-state index contributed by atoms with van der Waals surface area (Å²) in [5, 5.41) is 15.4. The summed E-state index contributed by atoms with van der Waals surface area (Å²) in [7, 11) is 0. The van der Waals surface area contributed by atoms with Gasteiger partial charge in [-0.2, -0.15) is 0 Å². The summed E-state index contributed by atoms with van der Waals surface area (Å²) in [6.07, 6.45) is 1.29. The maximum Gasteiger partial charge on any atom is 0.234 e. The molecular formula is C12H26N2O2. The predicted octanol–water partition coefficient (Wildman–Crippen LogP) is 0.898. The summed E-state index contributed by atoms with van der Waals surface area (Å²) in [6, 6.07) is 0.353. The van der Waals surface area contributed by atoms with Gasteiger partial charge in [-0.3, -0.25) is 4.79 Å². The Kier molecular flexibility index (Phi) is 8.21. The van der Waals surface area contributed by atoms with Gasteiger partial charge in [-0.1, -0.05) is 20.8 Å². The van der Waals surface area contributed by atoms with Gasteiger partial charge in [-0.15, -0.1) is 0 Å². The second kappa shape index (κ2) is 8.53. The second-order valence-electron chi connectivity index (χ2n) is 4.78. The third-order valence-electron chi connectivity index (χ3n) is 2.50. The lowest BCUT2D eigenvalue weighted by Gasteiger charge is -2.15. The molecule has 0 rings (SSSR count). The van der Waals surface area contributed by atoms with Gasteiger partial charge < -0.3 is 15.7 Å². The first kappa shape index (κ1) is 15.4. The summed E-state index contributed by atoms with van der Waals surface area (Å²) in [5.74, 6) is 0.397. The summed E-state index contributed by atoms with van der Waals surface area (Å²) in [5.41, 5.74) is 0. The van der Waals surface area contributed by atoms with Crippen molar-refractivity contribution in [2.24, 2.45) is 5.92 Å². The van der Waals surface area contributed by atoms with Crippen molar-refractivity contribution in [3.05, 3.63) is 0 Å². The molecule has 0 aromatic carbocycles. The third-order valence-corrected chi connectivity index (χ3v) is 2.50. The highest BCUT2D eigenvalue weighted by Gasteiger charge is 2.09. The van der Waals surface area contributed by atoms with Crippen molar-refractivity contribution in [2.75, 3.05) is 13.1 Å². The lowest BCUT2D eigenvalue weighted by molar-refractivity contribution is -0.120. The van der Waals surface area contributed by atoms with E-state index in [9.17, 15) is 9.90 Å². The predicted molar refractivity (Wildman–Crippen MR) is 66.2 cm³/mol. The molecule has 0 fully saturated rings. The molecular weight excluding hydrogens is 204 g/mol. The molecule has 0 bridgehead atoms. The van der Waals surface area contributed by atoms with Crippen LogP contribution in [-0.2, 0) is 4.79 Å². The molecule has 0 aromatic heterocycles. The molecule has 0 aliphatic heterocycles. The molecule has 16 heavy (non-hydrogen) atoms. The maximum atomic E-state index is 11.4. The van der Waals surface area contributed by atoms with E-state index in [0.717, 1.165) is 12.8 Å². The van der Waals surface area contributed by atoms with E-state index in [1.54, 1.807) is 0 Å². The van der Waals surface area contributed by atoms with Crippen molar-refractivity contribution in [1.29, 1.82) is 0 Å². The number of rotatable bonds is 8. The van der Waals surface area contributed by atoms with Crippen LogP contribution in [0.1, 0.15) is 40.5 Å². The first-order valence-corrected chi connectivity index (χ1v) is 6.13. The number of nitrogens with one attached hydrogen (secondary N) is 2. The number of hydrogen-bond acceptors (Lipinski definition) is 3. The highest BCUT2D eigenvalue weighted by molar-refractivity contribution is 5.78. The molecule has 4 nitrogen and oxygen atoms in total. The standard InChI is InChI=1S/C12H26N2O2/c1-5-10(4)13-8-12(16)14-7-11(15)6-9(2)3/h9-11,13,15H,5-8H2,1-4H3,(H,14,16). The van der Waals surface area contributed by atoms with Gasteiger partial charge in [0.15, 0.2) is 0 Å². The molecule has 0 radical (unpaired) electrons. The Hall–Kier alpha value is -0.610. The van der Waals surface area contributed by atoms with E-state index in [2.05, 4.69) is 31.4 Å². The zero-order valence-electron chi connectivity index (χ0n) is 10.9. The number of carbonyl (C=O) groups is 1. The number of carbonyl (C=O) groups excluding carboxylic acids is 1. The summed E-state index contributed by atoms with van der Waals surface area (Å²) < 4.78 is 0. The van der Waals surface area contributed by atoms with Crippen molar-refractivity contribution in [3.8, 4) is 0 Å². The van der Waals surface area contributed by atoms with E-state index < -0.39 is 6.10 Å². The molecule has 4 heteroatoms. The maximum absolute atomic E-state index is 11.4. The van der Waals surface area contributed by atoms with Gasteiger partial charge in [-0.05, 0) is 25.7 Å². The minimum absolute atomic E-state index is 0.0527. The molecule has 0 aliphatic rings. The average molecular weight is 230 g/mol. The quantitative estimate of drug-likeness (QED) is 0.580. The lowest BCUT2D eigenvalue weighted by Crippen LogP contribution is -2.40. The van der Waals surface area contributed by atoms with Crippen molar-refractivity contribution in [2.45, 2.75) is 52.7 Å². The Balaban J connectivity index is 3.57. The molecule has 0 heterocycles. The van der Waals surface area contributed by atoms with Crippen molar-refractivity contribution in [3.63, 3.8) is 0 Å². The van der Waals surface area contributed by atoms with Crippen LogP contribution in [0.4, 0.5) is 0 Å². The van der Waals surface area contributed by atoms with Gasteiger partial charge in [0.2, 0.25) is 5.91 Å². The Morgan fingerprint density at radius 1 is 1.31 bits per heavy atom. The van der Waals surface area contributed by atoms with E-state index in [4.69, 9.17) is 0 Å². The summed E-state index contributed by atoms with van der Waals surface area (Å²) in [4.78, 5) is 11.4. The molecule has 0 spiro atoms. The van der Waals surface area contributed by atoms with Crippen LogP contribution >= 0.6 is 0 Å². The molecule has 3 N–H and O–H groups in total. The van der Waals surface area contributed by atoms with Crippen LogP contribution in [0.5, 0.6) is 0 Å². The fourth-order valence-electron chi connectivity index (χ4n) is 1.33. The van der Waals surface area contributed by atoms with Gasteiger partial charge >= 0.3 is 0 Å². The minimum atomic E-state index is -0.437. The van der Waals surface area contributed by atoms with Crippen molar-refractivity contribution in [1.82, 2.24) is 10.6 Å². The van der Waals surface area contributed by atoms with Gasteiger partial charge in [0.05, 0.1) is 12.6 Å². The van der Waals surface area contributed by atoms with Gasteiger partial charge in [0.25, 0.3) is 0 Å². The minimum Gasteiger partial charge on any atom is -0.391 e. The van der Waals surface area contributed by atoms with Crippen molar-refractivity contribution >= 4 is 5.91 Å². The zero-order valence-corrected chi connectivity index (χ0v) is 10.9. The van der Waals surface area contributed by atoms with Crippen LogP contribution in [-0.4, -0.2) is 36.2 Å². The normalized spacial score (nSPS) is 14.9. The van der Waals surface area contributed by atoms with E-state index in [1.165, 1.54) is 0 Å².